The van der Waals surface area contributed by atoms with Crippen molar-refractivity contribution >= 4 is 41.3 Å². The Balaban J connectivity index is 0.00000128. The van der Waals surface area contributed by atoms with Crippen LogP contribution in [-0.4, -0.2) is 24.0 Å². The van der Waals surface area contributed by atoms with Gasteiger partial charge in [0.25, 0.3) is 0 Å². The fraction of sp³-hybridized carbons (Fsp3) is 0.556. The number of nitrogens with zero attached hydrogens (tertiary/aromatic N) is 1. The lowest BCUT2D eigenvalue weighted by atomic mass is 10.1. The molecule has 0 aromatic carbocycles. The topological polar surface area (TPSA) is 54.0 Å². The second-order valence-electron chi connectivity index (χ2n) is 3.49. The summed E-state index contributed by atoms with van der Waals surface area (Å²) < 4.78 is 0.516. The summed E-state index contributed by atoms with van der Waals surface area (Å²) in [5, 5.41) is 6.05. The van der Waals surface area contributed by atoms with Crippen LogP contribution in [0.3, 0.4) is 0 Å². The molecule has 1 amide bonds. The van der Waals surface area contributed by atoms with E-state index in [9.17, 15) is 4.79 Å². The van der Waals surface area contributed by atoms with E-state index in [4.69, 9.17) is 11.6 Å². The number of nitrogens with one attached hydrogen (secondary N) is 2. The zero-order chi connectivity index (χ0) is 10.7. The minimum absolute atomic E-state index is 0. The highest BCUT2D eigenvalue weighted by Gasteiger charge is 2.21. The molecule has 4 nitrogen and oxygen atoms in total. The molecule has 0 aliphatic carbocycles. The Labute approximate surface area is 109 Å². The molecule has 1 atom stereocenters. The van der Waals surface area contributed by atoms with E-state index in [-0.39, 0.29) is 24.2 Å². The molecule has 0 saturated carbocycles. The smallest absolute Gasteiger partial charge is 0.224 e. The molecule has 0 spiro atoms. The molecule has 1 aliphatic heterocycles. The van der Waals surface area contributed by atoms with E-state index in [1.54, 1.807) is 6.20 Å². The number of hydrogen-bond acceptors (Lipinski definition) is 4. The molecule has 1 fully saturated rings. The third-order valence-electron chi connectivity index (χ3n) is 2.39. The van der Waals surface area contributed by atoms with Gasteiger partial charge in [-0.3, -0.25) is 4.79 Å². The highest BCUT2D eigenvalue weighted by molar-refractivity contribution is 7.15. The van der Waals surface area contributed by atoms with Gasteiger partial charge >= 0.3 is 0 Å². The van der Waals surface area contributed by atoms with Crippen LogP contribution in [0, 0.1) is 5.92 Å². The van der Waals surface area contributed by atoms with E-state index in [1.165, 1.54) is 11.3 Å². The first-order valence-electron chi connectivity index (χ1n) is 4.84. The number of hydrogen-bond donors (Lipinski definition) is 2. The van der Waals surface area contributed by atoms with E-state index in [0.29, 0.717) is 11.0 Å². The third kappa shape index (κ3) is 3.59. The molecule has 2 rings (SSSR count). The van der Waals surface area contributed by atoms with E-state index < -0.39 is 0 Å². The number of carbonyl (C=O) groups is 1. The van der Waals surface area contributed by atoms with Crippen LogP contribution in [0.2, 0.25) is 4.47 Å². The lowest BCUT2D eigenvalue weighted by Gasteiger charge is -2.08. The summed E-state index contributed by atoms with van der Waals surface area (Å²) in [5.74, 6) is 0.234. The number of thiazole rings is 1. The molecule has 1 aromatic rings. The fourth-order valence-corrected chi connectivity index (χ4v) is 2.48. The first kappa shape index (κ1) is 13.7. The third-order valence-corrected chi connectivity index (χ3v) is 3.51. The summed E-state index contributed by atoms with van der Waals surface area (Å²) in [4.78, 5) is 16.5. The van der Waals surface area contributed by atoms with Gasteiger partial charge in [-0.2, -0.15) is 0 Å². The van der Waals surface area contributed by atoms with Gasteiger partial charge in [0.1, 0.15) is 0 Å². The zero-order valence-electron chi connectivity index (χ0n) is 8.53. The van der Waals surface area contributed by atoms with Gasteiger partial charge in [-0.05, 0) is 13.0 Å². The average molecular weight is 282 g/mol. The predicted octanol–water partition coefficient (Wildman–Crippen LogP) is 1.44. The molecule has 7 heteroatoms. The molecular weight excluding hydrogens is 269 g/mol. The molecule has 1 aromatic heterocycles. The molecule has 2 heterocycles. The highest BCUT2D eigenvalue weighted by atomic mass is 35.5. The lowest BCUT2D eigenvalue weighted by molar-refractivity contribution is -0.124. The van der Waals surface area contributed by atoms with Crippen LogP contribution in [0.1, 0.15) is 11.3 Å². The van der Waals surface area contributed by atoms with Gasteiger partial charge in [0.15, 0.2) is 4.47 Å². The Bertz CT molecular complexity index is 352. The number of halogens is 2. The summed E-state index contributed by atoms with van der Waals surface area (Å²) in [6, 6.07) is 0. The Morgan fingerprint density at radius 1 is 1.75 bits per heavy atom. The summed E-state index contributed by atoms with van der Waals surface area (Å²) in [7, 11) is 0. The van der Waals surface area contributed by atoms with Crippen LogP contribution in [0.5, 0.6) is 0 Å². The Morgan fingerprint density at radius 2 is 2.56 bits per heavy atom. The van der Waals surface area contributed by atoms with Crippen LogP contribution in [0.25, 0.3) is 0 Å². The SMILES string of the molecule is Cl.O=C(NCc1cnc(Cl)s1)[C@H]1CCNC1. The Kier molecular flexibility index (Phi) is 5.48. The highest BCUT2D eigenvalue weighted by Crippen LogP contribution is 2.17. The number of amides is 1. The van der Waals surface area contributed by atoms with Crippen molar-refractivity contribution in [2.75, 3.05) is 13.1 Å². The molecule has 1 saturated heterocycles. The maximum Gasteiger partial charge on any atom is 0.224 e. The molecule has 1 aliphatic rings. The van der Waals surface area contributed by atoms with Crippen LogP contribution in [0.15, 0.2) is 6.20 Å². The number of aromatic nitrogens is 1. The average Bonchev–Trinajstić information content (AvgIpc) is 2.84. The largest absolute Gasteiger partial charge is 0.351 e. The van der Waals surface area contributed by atoms with Gasteiger partial charge < -0.3 is 10.6 Å². The van der Waals surface area contributed by atoms with Crippen LogP contribution in [-0.2, 0) is 11.3 Å². The lowest BCUT2D eigenvalue weighted by Crippen LogP contribution is -2.31. The molecule has 90 valence electrons. The monoisotopic (exact) mass is 281 g/mol. The van der Waals surface area contributed by atoms with E-state index in [2.05, 4.69) is 15.6 Å². The standard InChI is InChI=1S/C9H12ClN3OS.ClH/c10-9-13-5-7(15-9)4-12-8(14)6-1-2-11-3-6;/h5-6,11H,1-4H2,(H,12,14);1H/t6-;/m0./s1. The summed E-state index contributed by atoms with van der Waals surface area (Å²) in [6.45, 7) is 2.25. The summed E-state index contributed by atoms with van der Waals surface area (Å²) in [5.41, 5.74) is 0. The molecule has 0 unspecified atom stereocenters. The predicted molar refractivity (Wildman–Crippen MR) is 67.2 cm³/mol. The van der Waals surface area contributed by atoms with Gasteiger partial charge in [0.05, 0.1) is 12.5 Å². The maximum atomic E-state index is 11.6. The second-order valence-corrected chi connectivity index (χ2v) is 5.18. The normalized spacial score (nSPS) is 19.2. The molecular formula is C9H13Cl2N3OS. The molecule has 16 heavy (non-hydrogen) atoms. The van der Waals surface area contributed by atoms with Crippen LogP contribution >= 0.6 is 35.3 Å². The number of carbonyl (C=O) groups excluding carboxylic acids is 1. The van der Waals surface area contributed by atoms with Gasteiger partial charge in [-0.25, -0.2) is 4.98 Å². The Morgan fingerprint density at radius 3 is 3.12 bits per heavy atom. The quantitative estimate of drug-likeness (QED) is 0.882. The first-order chi connectivity index (χ1) is 7.25. The van der Waals surface area contributed by atoms with Crippen molar-refractivity contribution in [3.8, 4) is 0 Å². The summed E-state index contributed by atoms with van der Waals surface area (Å²) >= 11 is 7.08. The maximum absolute atomic E-state index is 11.6. The molecule has 0 bridgehead atoms. The molecule has 2 N–H and O–H groups in total. The minimum Gasteiger partial charge on any atom is -0.351 e. The fourth-order valence-electron chi connectivity index (χ4n) is 1.56. The van der Waals surface area contributed by atoms with Crippen molar-refractivity contribution in [2.24, 2.45) is 5.92 Å². The van der Waals surface area contributed by atoms with Gasteiger partial charge in [-0.15, -0.1) is 23.7 Å². The second kappa shape index (κ2) is 6.39. The Hall–Kier alpha value is -0.360. The van der Waals surface area contributed by atoms with Gasteiger partial charge in [0, 0.05) is 17.6 Å². The van der Waals surface area contributed by atoms with E-state index in [1.807, 2.05) is 0 Å². The van der Waals surface area contributed by atoms with Crippen molar-refractivity contribution in [3.05, 3.63) is 15.5 Å². The zero-order valence-corrected chi connectivity index (χ0v) is 10.9. The van der Waals surface area contributed by atoms with E-state index >= 15 is 0 Å². The van der Waals surface area contributed by atoms with Crippen molar-refractivity contribution in [1.82, 2.24) is 15.6 Å². The van der Waals surface area contributed by atoms with E-state index in [0.717, 1.165) is 24.4 Å². The summed E-state index contributed by atoms with van der Waals surface area (Å²) in [6.07, 6.45) is 2.62. The van der Waals surface area contributed by atoms with Crippen LogP contribution in [0.4, 0.5) is 0 Å². The van der Waals surface area contributed by atoms with Crippen molar-refractivity contribution in [1.29, 1.82) is 0 Å². The molecule has 0 radical (unpaired) electrons. The minimum atomic E-state index is 0. The van der Waals surface area contributed by atoms with Gasteiger partial charge in [-0.1, -0.05) is 11.6 Å². The van der Waals surface area contributed by atoms with Crippen molar-refractivity contribution in [2.45, 2.75) is 13.0 Å². The first-order valence-corrected chi connectivity index (χ1v) is 6.04. The van der Waals surface area contributed by atoms with Crippen molar-refractivity contribution < 1.29 is 4.79 Å². The van der Waals surface area contributed by atoms with Crippen LogP contribution < -0.4 is 10.6 Å². The number of rotatable bonds is 3. The van der Waals surface area contributed by atoms with Gasteiger partial charge in [0.2, 0.25) is 5.91 Å². The van der Waals surface area contributed by atoms with Crippen molar-refractivity contribution in [3.63, 3.8) is 0 Å².